The lowest BCUT2D eigenvalue weighted by Gasteiger charge is -2.28. The molecule has 0 saturated carbocycles. The highest BCUT2D eigenvalue weighted by molar-refractivity contribution is 5.98. The number of unbranched alkanes of at least 4 members (excludes halogenated alkanes) is 2. The van der Waals surface area contributed by atoms with E-state index in [2.05, 4.69) is 62.2 Å². The summed E-state index contributed by atoms with van der Waals surface area (Å²) in [5.41, 5.74) is 77.7. The molecule has 0 aromatic heterocycles. The minimum Gasteiger partial charge on any atom is -0.480 e. The minimum absolute atomic E-state index is 0.00487. The van der Waals surface area contributed by atoms with Crippen LogP contribution < -0.4 is 117 Å². The number of aliphatic carboxylic acids is 1. The zero-order chi connectivity index (χ0) is 62.9. The van der Waals surface area contributed by atoms with Crippen molar-refractivity contribution in [3.8, 4) is 0 Å². The Balaban J connectivity index is 7.26. The van der Waals surface area contributed by atoms with Gasteiger partial charge < -0.3 is 123 Å². The molecule has 0 aliphatic heterocycles. The van der Waals surface area contributed by atoms with Crippen molar-refractivity contribution in [2.24, 2.45) is 105 Å². The molecule has 8 amide bonds. The highest BCUT2D eigenvalue weighted by Gasteiger charge is 2.34. The van der Waals surface area contributed by atoms with Crippen LogP contribution in [0.3, 0.4) is 0 Å². The Morgan fingerprint density at radius 3 is 0.795 bits per heavy atom. The number of aliphatic imine (C=N–C) groups is 5. The van der Waals surface area contributed by atoms with Crippen LogP contribution in [0.1, 0.15) is 116 Å². The molecule has 83 heavy (non-hydrogen) atoms. The topological polar surface area (TPSA) is 684 Å². The van der Waals surface area contributed by atoms with Crippen molar-refractivity contribution in [2.75, 3.05) is 45.8 Å². The number of nitrogens with one attached hydrogen (secondary N) is 7. The number of carbonyl (C=O) groups excluding carboxylic acids is 8. The first-order valence-corrected chi connectivity index (χ1v) is 27.3. The fraction of sp³-hybridized carbons (Fsp3) is 0.702. The number of hydrogen-bond donors (Lipinski definition) is 22. The first-order chi connectivity index (χ1) is 39.2. The van der Waals surface area contributed by atoms with Crippen LogP contribution in [0.25, 0.3) is 0 Å². The van der Waals surface area contributed by atoms with Crippen LogP contribution in [-0.2, 0) is 43.2 Å². The first kappa shape index (κ1) is 74.5. The zero-order valence-corrected chi connectivity index (χ0v) is 47.2. The van der Waals surface area contributed by atoms with Crippen LogP contribution in [0.15, 0.2) is 25.0 Å². The number of hydrogen-bond acceptors (Lipinski definition) is 17. The number of guanidine groups is 5. The molecule has 0 heterocycles. The third kappa shape index (κ3) is 36.4. The molecule has 36 nitrogen and oxygen atoms in total. The van der Waals surface area contributed by atoms with Crippen LogP contribution in [0, 0.1) is 0 Å². The van der Waals surface area contributed by atoms with Crippen molar-refractivity contribution >= 4 is 83.0 Å². The van der Waals surface area contributed by atoms with Gasteiger partial charge in [0.15, 0.2) is 29.8 Å². The van der Waals surface area contributed by atoms with Crippen molar-refractivity contribution in [1.29, 1.82) is 0 Å². The molecule has 0 rings (SSSR count). The number of carboxylic acid groups (broad SMARTS) is 1. The Morgan fingerprint density at radius 1 is 0.313 bits per heavy atom. The van der Waals surface area contributed by atoms with E-state index in [4.69, 9.17) is 80.3 Å². The Morgan fingerprint density at radius 2 is 0.542 bits per heavy atom. The molecule has 0 aliphatic carbocycles. The van der Waals surface area contributed by atoms with Gasteiger partial charge in [0, 0.05) is 39.1 Å². The largest absolute Gasteiger partial charge is 0.480 e. The maximum atomic E-state index is 14.4. The minimum atomic E-state index is -1.65. The summed E-state index contributed by atoms with van der Waals surface area (Å²) in [6.07, 6.45) is 1.27. The summed E-state index contributed by atoms with van der Waals surface area (Å²) in [6, 6.07) is -11.1. The highest BCUT2D eigenvalue weighted by atomic mass is 16.4. The summed E-state index contributed by atoms with van der Waals surface area (Å²) in [5.74, 6) is -9.78. The van der Waals surface area contributed by atoms with E-state index in [1.54, 1.807) is 0 Å². The second-order valence-corrected chi connectivity index (χ2v) is 19.2. The molecule has 0 radical (unpaired) electrons. The van der Waals surface area contributed by atoms with Crippen molar-refractivity contribution < 1.29 is 48.3 Å². The molecule has 0 bridgehead atoms. The number of primary amides is 1. The van der Waals surface area contributed by atoms with Gasteiger partial charge in [-0.25, -0.2) is 4.79 Å². The Labute approximate surface area is 482 Å². The summed E-state index contributed by atoms with van der Waals surface area (Å²) in [4.78, 5) is 142. The second-order valence-electron chi connectivity index (χ2n) is 19.2. The lowest BCUT2D eigenvalue weighted by Crippen LogP contribution is -2.60. The first-order valence-electron chi connectivity index (χ1n) is 27.3. The van der Waals surface area contributed by atoms with Gasteiger partial charge in [-0.2, -0.15) is 0 Å². The molecule has 472 valence electrons. The van der Waals surface area contributed by atoms with Gasteiger partial charge in [0.1, 0.15) is 42.3 Å². The van der Waals surface area contributed by atoms with Gasteiger partial charge in [-0.3, -0.25) is 63.3 Å². The lowest BCUT2D eigenvalue weighted by molar-refractivity contribution is -0.142. The van der Waals surface area contributed by atoms with Gasteiger partial charge in [-0.05, 0) is 116 Å². The lowest BCUT2D eigenvalue weighted by atomic mass is 10.0. The van der Waals surface area contributed by atoms with Crippen LogP contribution in [-0.4, -0.2) is 182 Å². The van der Waals surface area contributed by atoms with Gasteiger partial charge in [-0.15, -0.1) is 0 Å². The zero-order valence-electron chi connectivity index (χ0n) is 47.2. The second kappa shape index (κ2) is 43.2. The summed E-state index contributed by atoms with van der Waals surface area (Å²) in [5, 5.41) is 27.9. The molecule has 0 aliphatic rings. The van der Waals surface area contributed by atoms with E-state index in [0.29, 0.717) is 38.8 Å². The number of amides is 8. The van der Waals surface area contributed by atoms with Crippen LogP contribution >= 0.6 is 0 Å². The number of carbonyl (C=O) groups is 9. The van der Waals surface area contributed by atoms with E-state index in [1.807, 2.05) is 0 Å². The van der Waals surface area contributed by atoms with Crippen LogP contribution in [0.4, 0.5) is 0 Å². The maximum absolute atomic E-state index is 14.4. The van der Waals surface area contributed by atoms with E-state index in [-0.39, 0.29) is 140 Å². The molecule has 36 N–H and O–H groups in total. The molecule has 0 unspecified atom stereocenters. The predicted molar refractivity (Wildman–Crippen MR) is 313 cm³/mol. The summed E-state index contributed by atoms with van der Waals surface area (Å²) in [7, 11) is 0. The third-order valence-electron chi connectivity index (χ3n) is 12.1. The molecule has 0 aromatic carbocycles. The molecule has 8 atom stereocenters. The van der Waals surface area contributed by atoms with Crippen molar-refractivity contribution in [1.82, 2.24) is 37.2 Å². The smallest absolute Gasteiger partial charge is 0.326 e. The SMILES string of the molecule is NCCCC[C@H](NC(=O)[C@@H](N)CCCCN)C(=O)N[C@@H](CCCN=C(N)N)C(=O)N[C@@H](CCCN=C(N)N)C(=O)N[C@@H](CCC(N)=O)C(=O)N[C@@H](CCCN=C(N)N)C(=O)N[C@@H](CCCN=C(N)N)C(=O)N[C@@H](CCCN=C(N)N)C(=O)O. The fourth-order valence-electron chi connectivity index (χ4n) is 7.72. The number of rotatable bonds is 46. The molecule has 0 aromatic rings. The summed E-state index contributed by atoms with van der Waals surface area (Å²) < 4.78 is 0. The van der Waals surface area contributed by atoms with Crippen molar-refractivity contribution in [3.63, 3.8) is 0 Å². The normalized spacial score (nSPS) is 13.6. The van der Waals surface area contributed by atoms with Gasteiger partial charge in [0.25, 0.3) is 0 Å². The quantitative estimate of drug-likeness (QED) is 0.0153. The van der Waals surface area contributed by atoms with Gasteiger partial charge in [0.2, 0.25) is 47.3 Å². The average Bonchev–Trinajstić information content (AvgIpc) is 3.43. The molecule has 0 saturated heterocycles. The standard InChI is InChI=1S/C47H94N26O10/c48-19-3-1-10-26(50)35(75)67-27(11-2-4-20-49)36(76)68-28(12-5-21-62-43(52)53)37(77)69-30(14-7-23-64-45(56)57)39(79)72-32(17-18-34(51)74)41(81)71-29(13-6-22-63-44(54)55)38(78)70-31(15-8-24-65-46(58)59)40(80)73-33(42(82)83)16-9-25-66-47(60)61/h26-33H,1-25,48-50H2,(H2,51,74)(H,67,75)(H,68,76)(H,69,77)(H,70,78)(H,71,81)(H,72,79)(H,73,80)(H,82,83)(H4,52,53,62)(H4,54,55,63)(H4,56,57,64)(H4,58,59,65)(H4,60,61,66)/t26-,27-,28-,29-,30-,31-,32-,33-/m0/s1. The summed E-state index contributed by atoms with van der Waals surface area (Å²) in [6.45, 7) is 0.663. The van der Waals surface area contributed by atoms with E-state index < -0.39 is 114 Å². The molecule has 36 heteroatoms. The number of nitrogens with two attached hydrogens (primary N) is 14. The maximum Gasteiger partial charge on any atom is 0.326 e. The van der Waals surface area contributed by atoms with Gasteiger partial charge in [0.05, 0.1) is 6.04 Å². The van der Waals surface area contributed by atoms with E-state index in [0.717, 1.165) is 0 Å². The Bertz CT molecular complexity index is 2200. The van der Waals surface area contributed by atoms with Gasteiger partial charge >= 0.3 is 5.97 Å². The van der Waals surface area contributed by atoms with E-state index in [1.165, 1.54) is 0 Å². The number of carboxylic acids is 1. The fourth-order valence-corrected chi connectivity index (χ4v) is 7.72. The highest BCUT2D eigenvalue weighted by Crippen LogP contribution is 2.11. The van der Waals surface area contributed by atoms with Crippen molar-refractivity contribution in [3.05, 3.63) is 0 Å². The predicted octanol–water partition coefficient (Wildman–Crippen LogP) is -9.42. The monoisotopic (exact) mass is 1180 g/mol. The van der Waals surface area contributed by atoms with E-state index >= 15 is 0 Å². The third-order valence-corrected chi connectivity index (χ3v) is 12.1. The van der Waals surface area contributed by atoms with Crippen LogP contribution in [0.2, 0.25) is 0 Å². The Hall–Kier alpha value is -8.54. The Kier molecular flexibility index (Phi) is 38.8. The van der Waals surface area contributed by atoms with E-state index in [9.17, 15) is 48.3 Å². The number of nitrogens with zero attached hydrogens (tertiary/aromatic N) is 5. The molecule has 0 fully saturated rings. The summed E-state index contributed by atoms with van der Waals surface area (Å²) >= 11 is 0. The molecular formula is C47H94N26O10. The average molecular weight is 1180 g/mol. The molecular weight excluding hydrogens is 1090 g/mol. The van der Waals surface area contributed by atoms with Crippen molar-refractivity contribution in [2.45, 2.75) is 164 Å². The molecule has 0 spiro atoms. The van der Waals surface area contributed by atoms with Crippen LogP contribution in [0.5, 0.6) is 0 Å². The van der Waals surface area contributed by atoms with Gasteiger partial charge in [-0.1, -0.05) is 6.42 Å².